The molecule has 1 aliphatic carbocycles. The molecule has 0 unspecified atom stereocenters. The molecule has 0 spiro atoms. The van der Waals surface area contributed by atoms with E-state index in [0.717, 1.165) is 28.7 Å². The molecule has 0 atom stereocenters. The Bertz CT molecular complexity index is 368. The Morgan fingerprint density at radius 2 is 2.40 bits per heavy atom. The molecule has 1 saturated carbocycles. The van der Waals surface area contributed by atoms with Gasteiger partial charge >= 0.3 is 0 Å². The smallest absolute Gasteiger partial charge is 0.233 e. The predicted octanol–water partition coefficient (Wildman–Crippen LogP) is 2.61. The third-order valence-electron chi connectivity index (χ3n) is 2.90. The number of thiophene rings is 1. The molecule has 1 fully saturated rings. The average molecular weight is 290 g/mol. The minimum atomic E-state index is -0.517. The van der Waals surface area contributed by atoms with Gasteiger partial charge in [0.25, 0.3) is 0 Å². The van der Waals surface area contributed by atoms with E-state index in [1.807, 2.05) is 11.4 Å². The van der Waals surface area contributed by atoms with E-state index in [9.17, 15) is 9.90 Å². The summed E-state index contributed by atoms with van der Waals surface area (Å²) in [6, 6.07) is 1.87. The Labute approximate surface area is 101 Å². The predicted molar refractivity (Wildman–Crippen MR) is 64.0 cm³/mol. The lowest BCUT2D eigenvalue weighted by molar-refractivity contribution is -0.133. The zero-order valence-corrected chi connectivity index (χ0v) is 10.5. The van der Waals surface area contributed by atoms with Crippen LogP contribution in [0, 0.1) is 5.41 Å². The van der Waals surface area contributed by atoms with Crippen molar-refractivity contribution in [1.82, 2.24) is 0 Å². The highest BCUT2D eigenvalue weighted by atomic mass is 79.9. The first-order valence-corrected chi connectivity index (χ1v) is 6.50. The van der Waals surface area contributed by atoms with E-state index in [1.165, 1.54) is 11.3 Å². The van der Waals surface area contributed by atoms with Crippen molar-refractivity contribution in [2.24, 2.45) is 5.41 Å². The molecule has 2 N–H and O–H groups in total. The van der Waals surface area contributed by atoms with Gasteiger partial charge in [-0.05, 0) is 34.8 Å². The van der Waals surface area contributed by atoms with Crippen LogP contribution in [0.25, 0.3) is 0 Å². The second kappa shape index (κ2) is 4.23. The zero-order valence-electron chi connectivity index (χ0n) is 8.12. The number of aliphatic hydroxyl groups is 1. The number of rotatable bonds is 3. The summed E-state index contributed by atoms with van der Waals surface area (Å²) in [5.74, 6) is -0.0504. The Morgan fingerprint density at radius 3 is 2.80 bits per heavy atom. The number of anilines is 1. The van der Waals surface area contributed by atoms with Gasteiger partial charge in [-0.25, -0.2) is 0 Å². The van der Waals surface area contributed by atoms with Gasteiger partial charge in [0, 0.05) is 9.85 Å². The monoisotopic (exact) mass is 289 g/mol. The van der Waals surface area contributed by atoms with Gasteiger partial charge in [0.1, 0.15) is 0 Å². The highest BCUT2D eigenvalue weighted by Crippen LogP contribution is 2.41. The maximum absolute atomic E-state index is 11.9. The van der Waals surface area contributed by atoms with E-state index in [2.05, 4.69) is 21.2 Å². The summed E-state index contributed by atoms with van der Waals surface area (Å²) in [7, 11) is 0. The number of carbonyl (C=O) groups excluding carboxylic acids is 1. The van der Waals surface area contributed by atoms with Crippen molar-refractivity contribution in [3.05, 3.63) is 15.9 Å². The van der Waals surface area contributed by atoms with Gasteiger partial charge < -0.3 is 10.4 Å². The molecule has 1 aliphatic rings. The number of halogens is 1. The highest BCUT2D eigenvalue weighted by molar-refractivity contribution is 9.10. The first-order chi connectivity index (χ1) is 7.16. The van der Waals surface area contributed by atoms with Gasteiger partial charge in [-0.1, -0.05) is 6.42 Å². The zero-order chi connectivity index (χ0) is 10.9. The molecule has 3 nitrogen and oxygen atoms in total. The fraction of sp³-hybridized carbons (Fsp3) is 0.500. The van der Waals surface area contributed by atoms with Crippen LogP contribution in [-0.2, 0) is 4.79 Å². The molecule has 0 aliphatic heterocycles. The van der Waals surface area contributed by atoms with Crippen molar-refractivity contribution in [2.75, 3.05) is 11.9 Å². The van der Waals surface area contributed by atoms with Gasteiger partial charge in [-0.2, -0.15) is 0 Å². The molecule has 1 amide bonds. The molecular weight excluding hydrogens is 278 g/mol. The van der Waals surface area contributed by atoms with Crippen molar-refractivity contribution >= 4 is 38.2 Å². The van der Waals surface area contributed by atoms with Crippen LogP contribution < -0.4 is 5.32 Å². The quantitative estimate of drug-likeness (QED) is 0.899. The molecule has 5 heteroatoms. The Balaban J connectivity index is 2.03. The second-order valence-electron chi connectivity index (χ2n) is 3.88. The molecule has 2 rings (SSSR count). The number of aliphatic hydroxyl groups excluding tert-OH is 1. The molecule has 15 heavy (non-hydrogen) atoms. The number of nitrogens with one attached hydrogen (secondary N) is 1. The molecule has 1 aromatic rings. The van der Waals surface area contributed by atoms with Crippen LogP contribution in [0.1, 0.15) is 19.3 Å². The first kappa shape index (κ1) is 11.1. The summed E-state index contributed by atoms with van der Waals surface area (Å²) in [4.78, 5) is 11.9. The van der Waals surface area contributed by atoms with Gasteiger partial charge in [0.2, 0.25) is 5.91 Å². The lowest BCUT2D eigenvalue weighted by Gasteiger charge is -2.38. The number of carbonyl (C=O) groups is 1. The van der Waals surface area contributed by atoms with E-state index in [0.29, 0.717) is 0 Å². The number of hydrogen-bond donors (Lipinski definition) is 2. The Hall–Kier alpha value is -0.390. The molecule has 0 saturated heterocycles. The van der Waals surface area contributed by atoms with Gasteiger partial charge in [-0.3, -0.25) is 4.79 Å². The summed E-state index contributed by atoms with van der Waals surface area (Å²) >= 11 is 4.81. The maximum Gasteiger partial charge on any atom is 0.233 e. The van der Waals surface area contributed by atoms with Crippen LogP contribution in [0.4, 0.5) is 5.00 Å². The Kier molecular flexibility index (Phi) is 3.13. The summed E-state index contributed by atoms with van der Waals surface area (Å²) < 4.78 is 0.967. The van der Waals surface area contributed by atoms with Crippen molar-refractivity contribution in [2.45, 2.75) is 19.3 Å². The third-order valence-corrected chi connectivity index (χ3v) is 4.51. The van der Waals surface area contributed by atoms with Crippen molar-refractivity contribution < 1.29 is 9.90 Å². The van der Waals surface area contributed by atoms with Crippen LogP contribution in [0.15, 0.2) is 15.9 Å². The van der Waals surface area contributed by atoms with Crippen LogP contribution in [-0.4, -0.2) is 17.6 Å². The van der Waals surface area contributed by atoms with Crippen molar-refractivity contribution in [1.29, 1.82) is 0 Å². The Morgan fingerprint density at radius 1 is 1.67 bits per heavy atom. The number of amides is 1. The fourth-order valence-electron chi connectivity index (χ4n) is 1.68. The largest absolute Gasteiger partial charge is 0.395 e. The first-order valence-electron chi connectivity index (χ1n) is 4.83. The van der Waals surface area contributed by atoms with E-state index in [1.54, 1.807) is 0 Å². The molecular formula is C10H12BrNO2S. The van der Waals surface area contributed by atoms with E-state index < -0.39 is 5.41 Å². The van der Waals surface area contributed by atoms with Crippen molar-refractivity contribution in [3.8, 4) is 0 Å². The fourth-order valence-corrected chi connectivity index (χ4v) is 3.00. The summed E-state index contributed by atoms with van der Waals surface area (Å²) in [6.45, 7) is -0.0502. The molecule has 0 bridgehead atoms. The lowest BCUT2D eigenvalue weighted by Crippen LogP contribution is -2.44. The molecule has 1 aromatic heterocycles. The molecule has 1 heterocycles. The third kappa shape index (κ3) is 2.09. The highest BCUT2D eigenvalue weighted by Gasteiger charge is 2.43. The number of hydrogen-bond acceptors (Lipinski definition) is 3. The molecule has 82 valence electrons. The summed E-state index contributed by atoms with van der Waals surface area (Å²) in [5.41, 5.74) is -0.517. The standard InChI is InChI=1S/C10H12BrNO2S/c11-7-4-8(15-5-7)12-9(14)10(6-13)2-1-3-10/h4-5,13H,1-3,6H2,(H,12,14). The van der Waals surface area contributed by atoms with Gasteiger partial charge in [0.15, 0.2) is 0 Å². The lowest BCUT2D eigenvalue weighted by atomic mass is 9.69. The van der Waals surface area contributed by atoms with E-state index >= 15 is 0 Å². The van der Waals surface area contributed by atoms with Gasteiger partial charge in [0.05, 0.1) is 17.0 Å². The van der Waals surface area contributed by atoms with Crippen LogP contribution in [0.2, 0.25) is 0 Å². The minimum Gasteiger partial charge on any atom is -0.395 e. The van der Waals surface area contributed by atoms with Crippen LogP contribution >= 0.6 is 27.3 Å². The van der Waals surface area contributed by atoms with Crippen LogP contribution in [0.3, 0.4) is 0 Å². The maximum atomic E-state index is 11.9. The second-order valence-corrected chi connectivity index (χ2v) is 5.70. The van der Waals surface area contributed by atoms with E-state index in [4.69, 9.17) is 0 Å². The van der Waals surface area contributed by atoms with E-state index in [-0.39, 0.29) is 12.5 Å². The van der Waals surface area contributed by atoms with Gasteiger partial charge in [-0.15, -0.1) is 11.3 Å². The molecule has 0 aromatic carbocycles. The topological polar surface area (TPSA) is 49.3 Å². The summed E-state index contributed by atoms with van der Waals surface area (Å²) in [5, 5.41) is 14.8. The van der Waals surface area contributed by atoms with Crippen molar-refractivity contribution in [3.63, 3.8) is 0 Å². The molecule has 0 radical (unpaired) electrons. The summed E-state index contributed by atoms with van der Waals surface area (Å²) in [6.07, 6.45) is 2.62. The minimum absolute atomic E-state index is 0.0502. The SMILES string of the molecule is O=C(Nc1cc(Br)cs1)C1(CO)CCC1. The van der Waals surface area contributed by atoms with Crippen LogP contribution in [0.5, 0.6) is 0 Å². The normalized spacial score (nSPS) is 18.3. The average Bonchev–Trinajstić information content (AvgIpc) is 2.50.